The van der Waals surface area contributed by atoms with Crippen molar-refractivity contribution in [3.8, 4) is 0 Å². The molecule has 0 bridgehead atoms. The molecule has 14 heavy (non-hydrogen) atoms. The average molecular weight is 235 g/mol. The summed E-state index contributed by atoms with van der Waals surface area (Å²) in [7, 11) is 0. The standard InChI is InChI=1S/C8H8Cl2N2O2/c1-2-3-12-4-5(8(13)14)6(11-12)7(9)10/h2,4,7H,1,3H2,(H,13,14). The summed E-state index contributed by atoms with van der Waals surface area (Å²) in [6.45, 7) is 3.93. The first-order valence-electron chi connectivity index (χ1n) is 3.76. The van der Waals surface area contributed by atoms with Crippen LogP contribution < -0.4 is 0 Å². The Morgan fingerprint density at radius 1 is 1.79 bits per heavy atom. The van der Waals surface area contributed by atoms with E-state index in [1.807, 2.05) is 0 Å². The van der Waals surface area contributed by atoms with Crippen molar-refractivity contribution in [2.75, 3.05) is 0 Å². The van der Waals surface area contributed by atoms with Gasteiger partial charge in [-0.1, -0.05) is 29.3 Å². The fraction of sp³-hybridized carbons (Fsp3) is 0.250. The molecule has 0 saturated carbocycles. The number of rotatable bonds is 4. The van der Waals surface area contributed by atoms with E-state index in [9.17, 15) is 4.79 Å². The molecule has 0 unspecified atom stereocenters. The van der Waals surface area contributed by atoms with Crippen molar-refractivity contribution in [1.82, 2.24) is 9.78 Å². The van der Waals surface area contributed by atoms with Crippen molar-refractivity contribution >= 4 is 29.2 Å². The predicted molar refractivity (Wildman–Crippen MR) is 53.8 cm³/mol. The molecule has 76 valence electrons. The second-order valence-corrected chi connectivity index (χ2v) is 3.64. The van der Waals surface area contributed by atoms with E-state index in [0.29, 0.717) is 6.54 Å². The molecule has 1 aromatic heterocycles. The lowest BCUT2D eigenvalue weighted by molar-refractivity contribution is 0.0696. The highest BCUT2D eigenvalue weighted by Crippen LogP contribution is 2.26. The average Bonchev–Trinajstić information content (AvgIpc) is 2.49. The number of hydrogen-bond acceptors (Lipinski definition) is 2. The molecular formula is C8H8Cl2N2O2. The second-order valence-electron chi connectivity index (χ2n) is 2.54. The SMILES string of the molecule is C=CCn1cc(C(=O)O)c(C(Cl)Cl)n1. The van der Waals surface area contributed by atoms with Crippen LogP contribution >= 0.6 is 23.2 Å². The Morgan fingerprint density at radius 3 is 2.79 bits per heavy atom. The number of nitrogens with zero attached hydrogens (tertiary/aromatic N) is 2. The van der Waals surface area contributed by atoms with Crippen LogP contribution in [-0.2, 0) is 6.54 Å². The van der Waals surface area contributed by atoms with Gasteiger partial charge in [0.05, 0.1) is 6.54 Å². The minimum Gasteiger partial charge on any atom is -0.478 e. The highest BCUT2D eigenvalue weighted by Gasteiger charge is 2.19. The summed E-state index contributed by atoms with van der Waals surface area (Å²) in [6, 6.07) is 0. The monoisotopic (exact) mass is 234 g/mol. The molecule has 0 radical (unpaired) electrons. The number of halogens is 2. The quantitative estimate of drug-likeness (QED) is 0.643. The molecule has 1 N–H and O–H groups in total. The molecule has 1 rings (SSSR count). The maximum atomic E-state index is 10.7. The van der Waals surface area contributed by atoms with E-state index >= 15 is 0 Å². The summed E-state index contributed by atoms with van der Waals surface area (Å²) < 4.78 is 1.42. The van der Waals surface area contributed by atoms with Crippen LogP contribution in [0.3, 0.4) is 0 Å². The van der Waals surface area contributed by atoms with Gasteiger partial charge in [-0.05, 0) is 0 Å². The van der Waals surface area contributed by atoms with Gasteiger partial charge >= 0.3 is 5.97 Å². The fourth-order valence-corrected chi connectivity index (χ4v) is 1.31. The second kappa shape index (κ2) is 4.48. The molecule has 0 saturated heterocycles. The zero-order valence-electron chi connectivity index (χ0n) is 7.15. The highest BCUT2D eigenvalue weighted by molar-refractivity contribution is 6.44. The zero-order chi connectivity index (χ0) is 10.7. The van der Waals surface area contributed by atoms with E-state index in [-0.39, 0.29) is 11.3 Å². The van der Waals surface area contributed by atoms with Gasteiger partial charge in [0.15, 0.2) is 4.84 Å². The lowest BCUT2D eigenvalue weighted by Gasteiger charge is -1.96. The van der Waals surface area contributed by atoms with E-state index in [1.165, 1.54) is 10.9 Å². The van der Waals surface area contributed by atoms with Gasteiger partial charge in [-0.3, -0.25) is 4.68 Å². The Hall–Kier alpha value is -1.000. The summed E-state index contributed by atoms with van der Waals surface area (Å²) in [6.07, 6.45) is 2.97. The number of allylic oxidation sites excluding steroid dienone is 1. The summed E-state index contributed by atoms with van der Waals surface area (Å²) in [5, 5.41) is 12.7. The van der Waals surface area contributed by atoms with Crippen molar-refractivity contribution in [2.24, 2.45) is 0 Å². The first kappa shape index (κ1) is 11.1. The van der Waals surface area contributed by atoms with Crippen LogP contribution in [0.5, 0.6) is 0 Å². The molecular weight excluding hydrogens is 227 g/mol. The zero-order valence-corrected chi connectivity index (χ0v) is 8.66. The van der Waals surface area contributed by atoms with Gasteiger partial charge in [0, 0.05) is 6.20 Å². The van der Waals surface area contributed by atoms with Crippen LogP contribution in [-0.4, -0.2) is 20.9 Å². The molecule has 6 heteroatoms. The Bertz CT molecular complexity index is 360. The number of carboxylic acids is 1. The summed E-state index contributed by atoms with van der Waals surface area (Å²) in [5.41, 5.74) is 0.171. The number of aromatic nitrogens is 2. The Kier molecular flexibility index (Phi) is 3.55. The van der Waals surface area contributed by atoms with Crippen LogP contribution in [0.15, 0.2) is 18.9 Å². The number of alkyl halides is 2. The van der Waals surface area contributed by atoms with Crippen molar-refractivity contribution in [1.29, 1.82) is 0 Å². The van der Waals surface area contributed by atoms with Crippen LogP contribution in [0, 0.1) is 0 Å². The molecule has 4 nitrogen and oxygen atoms in total. The first-order chi connectivity index (χ1) is 6.56. The van der Waals surface area contributed by atoms with Crippen molar-refractivity contribution in [3.63, 3.8) is 0 Å². The molecule has 0 amide bonds. The molecule has 0 aliphatic heterocycles. The molecule has 0 aromatic carbocycles. The Morgan fingerprint density at radius 2 is 2.43 bits per heavy atom. The molecule has 0 spiro atoms. The number of carboxylic acid groups (broad SMARTS) is 1. The van der Waals surface area contributed by atoms with E-state index in [2.05, 4.69) is 11.7 Å². The summed E-state index contributed by atoms with van der Waals surface area (Å²) in [5.74, 6) is -1.10. The van der Waals surface area contributed by atoms with Gasteiger partial charge < -0.3 is 5.11 Å². The number of hydrogen-bond donors (Lipinski definition) is 1. The predicted octanol–water partition coefficient (Wildman–Crippen LogP) is 2.24. The van der Waals surface area contributed by atoms with Gasteiger partial charge in [-0.15, -0.1) is 6.58 Å². The van der Waals surface area contributed by atoms with Crippen LogP contribution in [0.4, 0.5) is 0 Å². The van der Waals surface area contributed by atoms with E-state index in [4.69, 9.17) is 28.3 Å². The topological polar surface area (TPSA) is 55.1 Å². The first-order valence-corrected chi connectivity index (χ1v) is 4.63. The lowest BCUT2D eigenvalue weighted by Crippen LogP contribution is -1.99. The fourth-order valence-electron chi connectivity index (χ4n) is 0.988. The van der Waals surface area contributed by atoms with E-state index in [0.717, 1.165) is 0 Å². The molecule has 0 atom stereocenters. The van der Waals surface area contributed by atoms with Gasteiger partial charge in [-0.2, -0.15) is 5.10 Å². The van der Waals surface area contributed by atoms with Gasteiger partial charge in [0.25, 0.3) is 0 Å². The maximum absolute atomic E-state index is 10.7. The minimum atomic E-state index is -1.10. The molecule has 0 aliphatic rings. The largest absolute Gasteiger partial charge is 0.478 e. The Labute approximate surface area is 90.7 Å². The van der Waals surface area contributed by atoms with Crippen molar-refractivity contribution in [2.45, 2.75) is 11.4 Å². The molecule has 0 aliphatic carbocycles. The molecule has 1 aromatic rings. The third-order valence-corrected chi connectivity index (χ3v) is 1.96. The third kappa shape index (κ3) is 2.27. The number of carbonyl (C=O) groups is 1. The smallest absolute Gasteiger partial charge is 0.339 e. The minimum absolute atomic E-state index is 0.0156. The highest BCUT2D eigenvalue weighted by atomic mass is 35.5. The lowest BCUT2D eigenvalue weighted by atomic mass is 10.3. The van der Waals surface area contributed by atoms with E-state index < -0.39 is 10.8 Å². The van der Waals surface area contributed by atoms with Gasteiger partial charge in [-0.25, -0.2) is 4.79 Å². The summed E-state index contributed by atoms with van der Waals surface area (Å²) in [4.78, 5) is 9.81. The normalized spacial score (nSPS) is 10.5. The third-order valence-electron chi connectivity index (χ3n) is 1.54. The van der Waals surface area contributed by atoms with Crippen LogP contribution in [0.1, 0.15) is 20.9 Å². The van der Waals surface area contributed by atoms with E-state index in [1.54, 1.807) is 6.08 Å². The van der Waals surface area contributed by atoms with Crippen molar-refractivity contribution < 1.29 is 9.90 Å². The van der Waals surface area contributed by atoms with Crippen LogP contribution in [0.25, 0.3) is 0 Å². The van der Waals surface area contributed by atoms with Crippen LogP contribution in [0.2, 0.25) is 0 Å². The number of aromatic carboxylic acids is 1. The molecule has 0 fully saturated rings. The van der Waals surface area contributed by atoms with Gasteiger partial charge in [0.2, 0.25) is 0 Å². The van der Waals surface area contributed by atoms with Crippen molar-refractivity contribution in [3.05, 3.63) is 30.1 Å². The Balaban J connectivity index is 3.12. The van der Waals surface area contributed by atoms with Gasteiger partial charge in [0.1, 0.15) is 11.3 Å². The maximum Gasteiger partial charge on any atom is 0.339 e. The molecule has 1 heterocycles. The summed E-state index contributed by atoms with van der Waals surface area (Å²) >= 11 is 11.1.